The number of fused-ring (bicyclic) bond motifs is 1. The Morgan fingerprint density at radius 3 is 2.45 bits per heavy atom. The summed E-state index contributed by atoms with van der Waals surface area (Å²) in [6.07, 6.45) is 3.67. The van der Waals surface area contributed by atoms with Gasteiger partial charge in [0.1, 0.15) is 16.9 Å². The summed E-state index contributed by atoms with van der Waals surface area (Å²) in [6, 6.07) is 26.0. The fourth-order valence-electron chi connectivity index (χ4n) is 3.32. The van der Waals surface area contributed by atoms with Gasteiger partial charge < -0.3 is 0 Å². The van der Waals surface area contributed by atoms with Crippen LogP contribution >= 0.6 is 11.3 Å². The molecule has 0 N–H and O–H groups in total. The average Bonchev–Trinajstić information content (AvgIpc) is 3.43. The van der Waals surface area contributed by atoms with E-state index >= 15 is 0 Å². The summed E-state index contributed by atoms with van der Waals surface area (Å²) < 4.78 is 16.3. The van der Waals surface area contributed by atoms with Crippen LogP contribution in [0.15, 0.2) is 85.1 Å². The van der Waals surface area contributed by atoms with Gasteiger partial charge in [-0.05, 0) is 54.6 Å². The molecule has 5 aromatic rings. The molecule has 0 aliphatic heterocycles. The fourth-order valence-corrected chi connectivity index (χ4v) is 4.25. The zero-order chi connectivity index (χ0) is 21.2. The first-order valence-corrected chi connectivity index (χ1v) is 10.4. The van der Waals surface area contributed by atoms with Gasteiger partial charge in [0.25, 0.3) is 0 Å². The van der Waals surface area contributed by atoms with E-state index in [4.69, 9.17) is 5.10 Å². The number of allylic oxidation sites excluding steroid dienone is 1. The van der Waals surface area contributed by atoms with E-state index in [9.17, 15) is 9.65 Å². The maximum absolute atomic E-state index is 13.5. The Balaban J connectivity index is 1.66. The number of aromatic nitrogens is 3. The third kappa shape index (κ3) is 3.75. The maximum Gasteiger partial charge on any atom is 0.135 e. The summed E-state index contributed by atoms with van der Waals surface area (Å²) >= 11 is 1.48. The summed E-state index contributed by atoms with van der Waals surface area (Å²) in [5.74, 6) is -0.310. The van der Waals surface area contributed by atoms with Crippen molar-refractivity contribution in [1.29, 1.82) is 5.26 Å². The van der Waals surface area contributed by atoms with Crippen molar-refractivity contribution >= 4 is 33.2 Å². The number of benzene rings is 3. The highest BCUT2D eigenvalue weighted by atomic mass is 32.1. The second kappa shape index (κ2) is 7.98. The van der Waals surface area contributed by atoms with Crippen LogP contribution in [0.3, 0.4) is 0 Å². The van der Waals surface area contributed by atoms with Crippen molar-refractivity contribution < 1.29 is 4.39 Å². The third-order valence-electron chi connectivity index (χ3n) is 4.83. The Morgan fingerprint density at radius 2 is 1.71 bits per heavy atom. The summed E-state index contributed by atoms with van der Waals surface area (Å²) in [4.78, 5) is 4.61. The van der Waals surface area contributed by atoms with Crippen molar-refractivity contribution in [2.75, 3.05) is 0 Å². The fraction of sp³-hybridized carbons (Fsp3) is 0. The molecule has 0 radical (unpaired) electrons. The molecule has 3 aromatic carbocycles. The topological polar surface area (TPSA) is 54.5 Å². The standard InChI is InChI=1S/C25H15FN4S/c26-20-12-10-17(11-13-20)24-19(16-30(29-24)21-6-2-1-3-7-21)14-18(15-27)25-28-22-8-4-5-9-23(22)31-25/h1-14,16H/b18-14-. The number of rotatable bonds is 4. The molecule has 4 nitrogen and oxygen atoms in total. The molecular formula is C25H15FN4S. The third-order valence-corrected chi connectivity index (χ3v) is 5.90. The molecule has 0 bridgehead atoms. The first-order chi connectivity index (χ1) is 15.2. The lowest BCUT2D eigenvalue weighted by atomic mass is 10.1. The molecule has 0 aliphatic rings. The summed E-state index contributed by atoms with van der Waals surface area (Å²) in [5.41, 5.74) is 4.40. The largest absolute Gasteiger partial charge is 0.240 e. The first-order valence-electron chi connectivity index (χ1n) is 9.60. The van der Waals surface area contributed by atoms with E-state index in [0.29, 0.717) is 16.3 Å². The van der Waals surface area contributed by atoms with Crippen molar-refractivity contribution in [3.63, 3.8) is 0 Å². The minimum Gasteiger partial charge on any atom is -0.240 e. The van der Waals surface area contributed by atoms with Gasteiger partial charge in [-0.1, -0.05) is 30.3 Å². The van der Waals surface area contributed by atoms with Crippen LogP contribution in [0.25, 0.3) is 38.8 Å². The molecule has 5 rings (SSSR count). The van der Waals surface area contributed by atoms with E-state index < -0.39 is 0 Å². The molecule has 0 unspecified atom stereocenters. The molecular weight excluding hydrogens is 407 g/mol. The second-order valence-corrected chi connectivity index (χ2v) is 7.91. The van der Waals surface area contributed by atoms with Crippen molar-refractivity contribution in [3.05, 3.63) is 101 Å². The van der Waals surface area contributed by atoms with E-state index in [0.717, 1.165) is 27.0 Å². The van der Waals surface area contributed by atoms with Gasteiger partial charge >= 0.3 is 0 Å². The van der Waals surface area contributed by atoms with E-state index in [1.165, 1.54) is 23.5 Å². The van der Waals surface area contributed by atoms with Crippen LogP contribution < -0.4 is 0 Å². The van der Waals surface area contributed by atoms with Gasteiger partial charge in [0, 0.05) is 17.3 Å². The predicted molar refractivity (Wildman–Crippen MR) is 122 cm³/mol. The highest BCUT2D eigenvalue weighted by Gasteiger charge is 2.14. The molecule has 0 atom stereocenters. The lowest BCUT2D eigenvalue weighted by Gasteiger charge is -2.00. The van der Waals surface area contributed by atoms with Gasteiger partial charge in [0.05, 0.1) is 27.2 Å². The molecule has 0 spiro atoms. The van der Waals surface area contributed by atoms with Gasteiger partial charge in [-0.15, -0.1) is 11.3 Å². The molecule has 0 saturated heterocycles. The molecule has 0 amide bonds. The number of para-hydroxylation sites is 2. The van der Waals surface area contributed by atoms with E-state index in [1.807, 2.05) is 60.8 Å². The normalized spacial score (nSPS) is 11.5. The van der Waals surface area contributed by atoms with Gasteiger partial charge in [0.15, 0.2) is 0 Å². The summed E-state index contributed by atoms with van der Waals surface area (Å²) in [7, 11) is 0. The molecule has 0 saturated carbocycles. The molecule has 31 heavy (non-hydrogen) atoms. The van der Waals surface area contributed by atoms with E-state index in [2.05, 4.69) is 11.1 Å². The zero-order valence-electron chi connectivity index (χ0n) is 16.2. The molecule has 2 aromatic heterocycles. The monoisotopic (exact) mass is 422 g/mol. The minimum absolute atomic E-state index is 0.310. The van der Waals surface area contributed by atoms with Gasteiger partial charge in [0.2, 0.25) is 0 Å². The van der Waals surface area contributed by atoms with Gasteiger partial charge in [-0.25, -0.2) is 14.1 Å². The van der Waals surface area contributed by atoms with E-state index in [1.54, 1.807) is 22.9 Å². The molecule has 6 heteroatoms. The van der Waals surface area contributed by atoms with Gasteiger partial charge in [-0.2, -0.15) is 10.4 Å². The lowest BCUT2D eigenvalue weighted by molar-refractivity contribution is 0.628. The second-order valence-electron chi connectivity index (χ2n) is 6.88. The highest BCUT2D eigenvalue weighted by Crippen LogP contribution is 2.31. The number of hydrogen-bond donors (Lipinski definition) is 0. The number of nitriles is 1. The number of nitrogens with zero attached hydrogens (tertiary/aromatic N) is 4. The van der Waals surface area contributed by atoms with Crippen LogP contribution in [0, 0.1) is 17.1 Å². The number of thiazole rings is 1. The quantitative estimate of drug-likeness (QED) is 0.317. The van der Waals surface area contributed by atoms with E-state index in [-0.39, 0.29) is 5.82 Å². The van der Waals surface area contributed by atoms with Crippen molar-refractivity contribution in [2.45, 2.75) is 0 Å². The van der Waals surface area contributed by atoms with Crippen LogP contribution in [0.4, 0.5) is 4.39 Å². The summed E-state index contributed by atoms with van der Waals surface area (Å²) in [6.45, 7) is 0. The Hall–Kier alpha value is -4.08. The molecule has 0 fully saturated rings. The highest BCUT2D eigenvalue weighted by molar-refractivity contribution is 7.19. The number of halogens is 1. The maximum atomic E-state index is 13.5. The summed E-state index contributed by atoms with van der Waals surface area (Å²) in [5, 5.41) is 15.2. The van der Waals surface area contributed by atoms with Crippen LogP contribution in [-0.4, -0.2) is 14.8 Å². The minimum atomic E-state index is -0.310. The SMILES string of the molecule is N#C/C(=C/c1cn(-c2ccccc2)nc1-c1ccc(F)cc1)c1nc2ccccc2s1. The van der Waals surface area contributed by atoms with Crippen LogP contribution in [0.1, 0.15) is 10.6 Å². The molecule has 148 valence electrons. The molecule has 2 heterocycles. The Bertz CT molecular complexity index is 1410. The van der Waals surface area contributed by atoms with Crippen LogP contribution in [0.5, 0.6) is 0 Å². The average molecular weight is 422 g/mol. The Morgan fingerprint density at radius 1 is 0.968 bits per heavy atom. The van der Waals surface area contributed by atoms with Crippen molar-refractivity contribution in [1.82, 2.24) is 14.8 Å². The smallest absolute Gasteiger partial charge is 0.135 e. The predicted octanol–water partition coefficient (Wildman–Crippen LogP) is 6.35. The first kappa shape index (κ1) is 18.9. The Labute approximate surface area is 182 Å². The zero-order valence-corrected chi connectivity index (χ0v) is 17.1. The lowest BCUT2D eigenvalue weighted by Crippen LogP contribution is -1.94. The Kier molecular flexibility index (Phi) is 4.87. The van der Waals surface area contributed by atoms with Crippen molar-refractivity contribution in [2.24, 2.45) is 0 Å². The van der Waals surface area contributed by atoms with Crippen LogP contribution in [0.2, 0.25) is 0 Å². The van der Waals surface area contributed by atoms with Gasteiger partial charge in [-0.3, -0.25) is 0 Å². The number of hydrogen-bond acceptors (Lipinski definition) is 4. The molecule has 0 aliphatic carbocycles. The van der Waals surface area contributed by atoms with Crippen LogP contribution in [-0.2, 0) is 0 Å². The van der Waals surface area contributed by atoms with Crippen molar-refractivity contribution in [3.8, 4) is 23.0 Å².